The average Bonchev–Trinajstić information content (AvgIpc) is 3.47. The zero-order valence-corrected chi connectivity index (χ0v) is 20.8. The van der Waals surface area contributed by atoms with Crippen molar-refractivity contribution in [3.05, 3.63) is 82.9 Å². The molecule has 182 valence electrons. The largest absolute Gasteiger partial charge is 0.328 e. The van der Waals surface area contributed by atoms with Crippen molar-refractivity contribution in [1.82, 2.24) is 19.7 Å². The zero-order chi connectivity index (χ0) is 24.9. The predicted octanol–water partition coefficient (Wildman–Crippen LogP) is 5.27. The van der Waals surface area contributed by atoms with E-state index in [1.165, 1.54) is 23.9 Å². The van der Waals surface area contributed by atoms with Crippen molar-refractivity contribution in [2.24, 2.45) is 0 Å². The van der Waals surface area contributed by atoms with Crippen LogP contribution in [-0.4, -0.2) is 43.8 Å². The number of aryl methyl sites for hydroxylation is 1. The number of thioether (sulfide) groups is 1. The second-order valence-electron chi connectivity index (χ2n) is 8.17. The van der Waals surface area contributed by atoms with Crippen molar-refractivity contribution in [1.29, 1.82) is 0 Å². The maximum absolute atomic E-state index is 13.5. The number of allylic oxidation sites excluding steroid dienone is 1. The van der Waals surface area contributed by atoms with Crippen LogP contribution in [0.2, 0.25) is 5.02 Å². The minimum absolute atomic E-state index is 0.0676. The summed E-state index contributed by atoms with van der Waals surface area (Å²) in [6, 6.07) is 11.0. The van der Waals surface area contributed by atoms with E-state index in [0.717, 1.165) is 18.4 Å². The SMILES string of the molecule is C=CCn1c(SCC(=O)Nc2cc(F)ccc2C)nnc1C1CCCN1C(=O)c1ccccc1Cl. The van der Waals surface area contributed by atoms with Crippen LogP contribution in [0, 0.1) is 12.7 Å². The van der Waals surface area contributed by atoms with E-state index in [1.54, 1.807) is 48.2 Å². The number of nitrogens with one attached hydrogen (secondary N) is 1. The van der Waals surface area contributed by atoms with E-state index < -0.39 is 5.82 Å². The highest BCUT2D eigenvalue weighted by atomic mass is 35.5. The van der Waals surface area contributed by atoms with E-state index in [0.29, 0.717) is 40.3 Å². The first kappa shape index (κ1) is 24.9. The van der Waals surface area contributed by atoms with Crippen molar-refractivity contribution in [3.63, 3.8) is 0 Å². The highest BCUT2D eigenvalue weighted by Crippen LogP contribution is 2.35. The van der Waals surface area contributed by atoms with E-state index in [-0.39, 0.29) is 23.6 Å². The Hall–Kier alpha value is -3.17. The summed E-state index contributed by atoms with van der Waals surface area (Å²) in [6.07, 6.45) is 3.30. The molecule has 1 unspecified atom stereocenters. The van der Waals surface area contributed by atoms with Gasteiger partial charge in [-0.3, -0.25) is 9.59 Å². The van der Waals surface area contributed by atoms with E-state index >= 15 is 0 Å². The number of halogens is 2. The Labute approximate surface area is 212 Å². The van der Waals surface area contributed by atoms with Gasteiger partial charge in [0.05, 0.1) is 22.4 Å². The van der Waals surface area contributed by atoms with Gasteiger partial charge in [-0.05, 0) is 49.6 Å². The number of likely N-dealkylation sites (tertiary alicyclic amines) is 1. The van der Waals surface area contributed by atoms with Gasteiger partial charge in [0.15, 0.2) is 11.0 Å². The molecule has 7 nitrogen and oxygen atoms in total. The van der Waals surface area contributed by atoms with Gasteiger partial charge in [0, 0.05) is 18.8 Å². The lowest BCUT2D eigenvalue weighted by atomic mass is 10.1. The maximum Gasteiger partial charge on any atom is 0.255 e. The smallest absolute Gasteiger partial charge is 0.255 e. The Kier molecular flexibility index (Phi) is 7.87. The molecule has 0 spiro atoms. The number of benzene rings is 2. The van der Waals surface area contributed by atoms with Crippen LogP contribution in [0.4, 0.5) is 10.1 Å². The summed E-state index contributed by atoms with van der Waals surface area (Å²) in [7, 11) is 0. The molecule has 1 saturated heterocycles. The molecular formula is C25H25ClFN5O2S. The van der Waals surface area contributed by atoms with E-state index in [1.807, 2.05) is 4.57 Å². The number of amides is 2. The molecule has 10 heteroatoms. The molecule has 0 bridgehead atoms. The molecule has 35 heavy (non-hydrogen) atoms. The average molecular weight is 514 g/mol. The van der Waals surface area contributed by atoms with Crippen molar-refractivity contribution < 1.29 is 14.0 Å². The van der Waals surface area contributed by atoms with E-state index in [4.69, 9.17) is 11.6 Å². The minimum atomic E-state index is -0.415. The molecule has 0 radical (unpaired) electrons. The van der Waals surface area contributed by atoms with Crippen LogP contribution in [0.5, 0.6) is 0 Å². The van der Waals surface area contributed by atoms with Gasteiger partial charge < -0.3 is 14.8 Å². The highest BCUT2D eigenvalue weighted by molar-refractivity contribution is 7.99. The van der Waals surface area contributed by atoms with Crippen LogP contribution in [-0.2, 0) is 11.3 Å². The van der Waals surface area contributed by atoms with Crippen LogP contribution in [0.3, 0.4) is 0 Å². The van der Waals surface area contributed by atoms with E-state index in [9.17, 15) is 14.0 Å². The lowest BCUT2D eigenvalue weighted by Gasteiger charge is -2.25. The van der Waals surface area contributed by atoms with E-state index in [2.05, 4.69) is 22.1 Å². The second-order valence-corrected chi connectivity index (χ2v) is 9.52. The van der Waals surface area contributed by atoms with Gasteiger partial charge in [-0.15, -0.1) is 16.8 Å². The first-order valence-corrected chi connectivity index (χ1v) is 12.5. The van der Waals surface area contributed by atoms with Crippen LogP contribution >= 0.6 is 23.4 Å². The lowest BCUT2D eigenvalue weighted by molar-refractivity contribution is -0.113. The maximum atomic E-state index is 13.5. The summed E-state index contributed by atoms with van der Waals surface area (Å²) >= 11 is 7.49. The van der Waals surface area contributed by atoms with Crippen LogP contribution in [0.15, 0.2) is 60.3 Å². The van der Waals surface area contributed by atoms with Crippen LogP contribution < -0.4 is 5.32 Å². The summed E-state index contributed by atoms with van der Waals surface area (Å²) in [4.78, 5) is 27.5. The van der Waals surface area contributed by atoms with Crippen molar-refractivity contribution in [2.45, 2.75) is 37.5 Å². The van der Waals surface area contributed by atoms with Gasteiger partial charge in [0.25, 0.3) is 5.91 Å². The van der Waals surface area contributed by atoms with Crippen molar-refractivity contribution >= 4 is 40.9 Å². The molecule has 2 heterocycles. The molecule has 2 aromatic carbocycles. The fourth-order valence-corrected chi connectivity index (χ4v) is 5.04. The van der Waals surface area contributed by atoms with Crippen LogP contribution in [0.1, 0.15) is 40.6 Å². The lowest BCUT2D eigenvalue weighted by Crippen LogP contribution is -2.32. The van der Waals surface area contributed by atoms with Gasteiger partial charge in [-0.2, -0.15) is 0 Å². The molecule has 1 atom stereocenters. The molecular weight excluding hydrogens is 489 g/mol. The third-order valence-corrected chi connectivity index (χ3v) is 7.08. The predicted molar refractivity (Wildman–Crippen MR) is 135 cm³/mol. The Morgan fingerprint density at radius 3 is 2.86 bits per heavy atom. The number of carbonyl (C=O) groups is 2. The molecule has 2 amide bonds. The summed E-state index contributed by atoms with van der Waals surface area (Å²) in [5, 5.41) is 12.4. The van der Waals surface area contributed by atoms with Gasteiger partial charge >= 0.3 is 0 Å². The quantitative estimate of drug-likeness (QED) is 0.328. The normalized spacial score (nSPS) is 15.3. The molecule has 1 aliphatic heterocycles. The van der Waals surface area contributed by atoms with Gasteiger partial charge in [-0.25, -0.2) is 4.39 Å². The zero-order valence-electron chi connectivity index (χ0n) is 19.2. The molecule has 1 N–H and O–H groups in total. The molecule has 3 aromatic rings. The molecule has 1 aromatic heterocycles. The first-order chi connectivity index (χ1) is 16.9. The van der Waals surface area contributed by atoms with Crippen LogP contribution in [0.25, 0.3) is 0 Å². The molecule has 4 rings (SSSR count). The number of rotatable bonds is 8. The summed E-state index contributed by atoms with van der Waals surface area (Å²) < 4.78 is 15.4. The number of hydrogen-bond donors (Lipinski definition) is 1. The first-order valence-electron chi connectivity index (χ1n) is 11.2. The summed E-state index contributed by atoms with van der Waals surface area (Å²) in [5.41, 5.74) is 1.66. The number of aromatic nitrogens is 3. The minimum Gasteiger partial charge on any atom is -0.328 e. The molecule has 1 fully saturated rings. The fraction of sp³-hybridized carbons (Fsp3) is 0.280. The van der Waals surface area contributed by atoms with Gasteiger partial charge in [-0.1, -0.05) is 47.6 Å². The number of nitrogens with zero attached hydrogens (tertiary/aromatic N) is 4. The molecule has 1 aliphatic rings. The monoisotopic (exact) mass is 513 g/mol. The molecule has 0 aliphatic carbocycles. The van der Waals surface area contributed by atoms with Crippen molar-refractivity contribution in [2.75, 3.05) is 17.6 Å². The number of hydrogen-bond acceptors (Lipinski definition) is 5. The Bertz CT molecular complexity index is 1260. The number of carbonyl (C=O) groups excluding carboxylic acids is 2. The van der Waals surface area contributed by atoms with Gasteiger partial charge in [0.2, 0.25) is 5.91 Å². The fourth-order valence-electron chi connectivity index (χ4n) is 4.07. The summed E-state index contributed by atoms with van der Waals surface area (Å²) in [6.45, 7) is 6.65. The Morgan fingerprint density at radius 2 is 2.09 bits per heavy atom. The standard InChI is InChI=1S/C25H25ClFN5O2S/c1-3-12-32-23(21-9-6-13-31(21)24(34)18-7-4-5-8-19(18)26)29-30-25(32)35-15-22(33)28-20-14-17(27)11-10-16(20)2/h3-5,7-8,10-11,14,21H,1,6,9,12-13,15H2,2H3,(H,28,33). The second kappa shape index (κ2) is 11.0. The third kappa shape index (κ3) is 5.57. The van der Waals surface area contributed by atoms with Crippen molar-refractivity contribution in [3.8, 4) is 0 Å². The summed E-state index contributed by atoms with van der Waals surface area (Å²) in [5.74, 6) is -0.133. The van der Waals surface area contributed by atoms with Gasteiger partial charge in [0.1, 0.15) is 5.82 Å². The Balaban J connectivity index is 1.50. The third-order valence-electron chi connectivity index (χ3n) is 5.78. The topological polar surface area (TPSA) is 80.1 Å². The highest BCUT2D eigenvalue weighted by Gasteiger charge is 2.35. The number of anilines is 1. The Morgan fingerprint density at radius 1 is 1.29 bits per heavy atom. The molecule has 0 saturated carbocycles.